The number of fused-ring (bicyclic) bond motifs is 15. The van der Waals surface area contributed by atoms with Crippen molar-refractivity contribution in [2.24, 2.45) is 0 Å². The van der Waals surface area contributed by atoms with Crippen molar-refractivity contribution in [1.29, 1.82) is 0 Å². The Morgan fingerprint density at radius 1 is 0.385 bits per heavy atom. The Kier molecular flexibility index (Phi) is 7.48. The van der Waals surface area contributed by atoms with Gasteiger partial charge in [0, 0.05) is 54.7 Å². The predicted octanol–water partition coefficient (Wildman–Crippen LogP) is 15.2. The highest BCUT2D eigenvalue weighted by atomic mass is 16.3. The second-order valence-electron chi connectivity index (χ2n) is 16.7. The van der Waals surface area contributed by atoms with E-state index in [1.807, 2.05) is 72.8 Å². The van der Waals surface area contributed by atoms with E-state index < -0.39 is 0 Å². The van der Waals surface area contributed by atoms with E-state index in [9.17, 15) is 0 Å². The van der Waals surface area contributed by atoms with Crippen molar-refractivity contribution in [3.8, 4) is 45.5 Å². The van der Waals surface area contributed by atoms with Crippen LogP contribution in [0.5, 0.6) is 0 Å². The molecule has 0 saturated heterocycles. The maximum absolute atomic E-state index is 7.14. The number of hydrogen-bond donors (Lipinski definition) is 0. The highest BCUT2D eigenvalue weighted by Gasteiger charge is 2.30. The van der Waals surface area contributed by atoms with Gasteiger partial charge in [0.15, 0.2) is 23.1 Å². The van der Waals surface area contributed by atoms with Crippen LogP contribution in [-0.4, -0.2) is 24.1 Å². The molecule has 304 valence electrons. The van der Waals surface area contributed by atoms with Crippen LogP contribution in [0.4, 0.5) is 0 Å². The number of para-hydroxylation sites is 5. The fraction of sp³-hybridized carbons (Fsp3) is 0.0172. The molecule has 0 aliphatic carbocycles. The van der Waals surface area contributed by atoms with Crippen molar-refractivity contribution < 1.29 is 8.83 Å². The molecule has 0 atom stereocenters. The minimum Gasteiger partial charge on any atom is -0.455 e. The van der Waals surface area contributed by atoms with Gasteiger partial charge < -0.3 is 18.0 Å². The minimum absolute atomic E-state index is 0.581. The smallest absolute Gasteiger partial charge is 0.165 e. The van der Waals surface area contributed by atoms with Gasteiger partial charge in [-0.1, -0.05) is 152 Å². The molecule has 5 heterocycles. The third-order valence-corrected chi connectivity index (χ3v) is 13.0. The molecule has 0 N–H and O–H groups in total. The Bertz CT molecular complexity index is 4180. The summed E-state index contributed by atoms with van der Waals surface area (Å²) in [5.74, 6) is 1.79. The summed E-state index contributed by atoms with van der Waals surface area (Å²) in [5, 5.41) is 8.52. The summed E-state index contributed by atoms with van der Waals surface area (Å²) in [6, 6.07) is 67.3. The molecule has 7 heteroatoms. The van der Waals surface area contributed by atoms with Crippen molar-refractivity contribution >= 4 is 87.5 Å². The monoisotopic (exact) mass is 833 g/mol. The first kappa shape index (κ1) is 35.8. The Morgan fingerprint density at radius 3 is 1.46 bits per heavy atom. The van der Waals surface area contributed by atoms with Crippen LogP contribution in [0.3, 0.4) is 0 Å². The number of aromatic nitrogens is 5. The van der Waals surface area contributed by atoms with Gasteiger partial charge in [-0.25, -0.2) is 15.0 Å². The summed E-state index contributed by atoms with van der Waals surface area (Å²) < 4.78 is 19.0. The number of nitrogens with zero attached hydrogens (tertiary/aromatic N) is 5. The van der Waals surface area contributed by atoms with Crippen LogP contribution in [0.2, 0.25) is 0 Å². The molecule has 7 nitrogen and oxygen atoms in total. The van der Waals surface area contributed by atoms with Gasteiger partial charge in [0.2, 0.25) is 0 Å². The third kappa shape index (κ3) is 5.09. The third-order valence-electron chi connectivity index (χ3n) is 13.0. The largest absolute Gasteiger partial charge is 0.455 e. The zero-order chi connectivity index (χ0) is 42.8. The number of hydrogen-bond acceptors (Lipinski definition) is 5. The van der Waals surface area contributed by atoms with E-state index in [-0.39, 0.29) is 0 Å². The molecule has 0 bridgehead atoms. The zero-order valence-electron chi connectivity index (χ0n) is 35.0. The van der Waals surface area contributed by atoms with Crippen LogP contribution >= 0.6 is 0 Å². The lowest BCUT2D eigenvalue weighted by Crippen LogP contribution is -2.03. The van der Waals surface area contributed by atoms with Gasteiger partial charge in [-0.15, -0.1) is 0 Å². The molecule has 0 spiro atoms. The Labute approximate surface area is 371 Å². The zero-order valence-corrected chi connectivity index (χ0v) is 35.0. The van der Waals surface area contributed by atoms with Gasteiger partial charge in [0.05, 0.1) is 38.5 Å². The minimum atomic E-state index is 0.581. The first-order chi connectivity index (χ1) is 32.2. The first-order valence-electron chi connectivity index (χ1n) is 21.9. The number of aryl methyl sites for hydroxylation is 1. The molecule has 0 radical (unpaired) electrons. The Morgan fingerprint density at radius 2 is 0.831 bits per heavy atom. The number of furan rings is 2. The van der Waals surface area contributed by atoms with Crippen LogP contribution in [0.1, 0.15) is 5.56 Å². The van der Waals surface area contributed by atoms with Gasteiger partial charge in [0.25, 0.3) is 0 Å². The topological polar surface area (TPSA) is 74.8 Å². The van der Waals surface area contributed by atoms with E-state index in [1.165, 1.54) is 0 Å². The highest BCUT2D eigenvalue weighted by Crippen LogP contribution is 2.51. The SMILES string of the molecule is Cc1cc(-n2c3ccccc3c3c4c(c5ccccc5n4-c4ccccc4)c4oc5ccccc5c4c32)c2oc3ccccc3c2c1-c1nc(-c2ccccc2)nc(-c2ccccc2)n1. The summed E-state index contributed by atoms with van der Waals surface area (Å²) in [5.41, 5.74) is 13.2. The molecular weight excluding hydrogens is 799 g/mol. The lowest BCUT2D eigenvalue weighted by Gasteiger charge is -2.15. The van der Waals surface area contributed by atoms with Gasteiger partial charge in [-0.2, -0.15) is 0 Å². The molecule has 0 saturated carbocycles. The predicted molar refractivity (Wildman–Crippen MR) is 264 cm³/mol. The maximum atomic E-state index is 7.14. The van der Waals surface area contributed by atoms with E-state index in [4.69, 9.17) is 23.8 Å². The van der Waals surface area contributed by atoms with Gasteiger partial charge in [-0.05, 0) is 55.0 Å². The highest BCUT2D eigenvalue weighted by molar-refractivity contribution is 6.39. The fourth-order valence-electron chi connectivity index (χ4n) is 10.4. The van der Waals surface area contributed by atoms with Crippen molar-refractivity contribution in [2.75, 3.05) is 0 Å². The van der Waals surface area contributed by atoms with E-state index in [0.717, 1.165) is 121 Å². The second-order valence-corrected chi connectivity index (χ2v) is 16.7. The summed E-state index contributed by atoms with van der Waals surface area (Å²) in [6.07, 6.45) is 0. The molecular formula is C58H35N5O2. The molecule has 0 aliphatic rings. The number of rotatable bonds is 5. The van der Waals surface area contributed by atoms with Gasteiger partial charge in [0.1, 0.15) is 16.7 Å². The van der Waals surface area contributed by atoms with E-state index in [1.54, 1.807) is 0 Å². The average molecular weight is 834 g/mol. The van der Waals surface area contributed by atoms with Gasteiger partial charge in [-0.3, -0.25) is 0 Å². The first-order valence-corrected chi connectivity index (χ1v) is 21.9. The second kappa shape index (κ2) is 13.6. The molecule has 65 heavy (non-hydrogen) atoms. The van der Waals surface area contributed by atoms with Crippen molar-refractivity contribution in [1.82, 2.24) is 24.1 Å². The lowest BCUT2D eigenvalue weighted by molar-refractivity contribution is 0.666. The lowest BCUT2D eigenvalue weighted by atomic mass is 9.98. The van der Waals surface area contributed by atoms with Crippen LogP contribution in [-0.2, 0) is 0 Å². The molecule has 0 amide bonds. The Hall–Kier alpha value is -8.81. The van der Waals surface area contributed by atoms with E-state index in [2.05, 4.69) is 137 Å². The number of benzene rings is 9. The summed E-state index contributed by atoms with van der Waals surface area (Å²) in [6.45, 7) is 2.16. The molecule has 14 rings (SSSR count). The Balaban J connectivity index is 1.18. The fourth-order valence-corrected chi connectivity index (χ4v) is 10.4. The van der Waals surface area contributed by atoms with Crippen LogP contribution in [0, 0.1) is 6.92 Å². The van der Waals surface area contributed by atoms with E-state index in [0.29, 0.717) is 17.5 Å². The van der Waals surface area contributed by atoms with Crippen molar-refractivity contribution in [2.45, 2.75) is 6.92 Å². The summed E-state index contributed by atoms with van der Waals surface area (Å²) in [7, 11) is 0. The van der Waals surface area contributed by atoms with Gasteiger partial charge >= 0.3 is 0 Å². The van der Waals surface area contributed by atoms with Crippen molar-refractivity contribution in [3.63, 3.8) is 0 Å². The standard InChI is InChI=1S/C58H35N5O2/c1-34-33-44(54-48(40-27-13-17-31-45(40)64-54)47(34)58-60-56(35-19-5-2-6-20-35)59-57(61-58)36-21-7-3-8-22-36)63-43-30-16-11-25-38(43)49-52-50(55-51(53(49)63)41-28-14-18-32-46(41)65-55)39-26-12-15-29-42(39)62(52)37-23-9-4-10-24-37/h2-33H,1H3. The van der Waals surface area contributed by atoms with Crippen LogP contribution < -0.4 is 0 Å². The van der Waals surface area contributed by atoms with Crippen molar-refractivity contribution in [3.05, 3.63) is 200 Å². The average Bonchev–Trinajstić information content (AvgIpc) is 4.13. The normalized spacial score (nSPS) is 12.1. The quantitative estimate of drug-likeness (QED) is 0.173. The molecule has 0 aliphatic heterocycles. The van der Waals surface area contributed by atoms with Crippen LogP contribution in [0.15, 0.2) is 203 Å². The molecule has 9 aromatic carbocycles. The maximum Gasteiger partial charge on any atom is 0.165 e. The van der Waals surface area contributed by atoms with E-state index >= 15 is 0 Å². The molecule has 0 fully saturated rings. The molecule has 0 unspecified atom stereocenters. The van der Waals surface area contributed by atoms with Crippen LogP contribution in [0.25, 0.3) is 133 Å². The molecule has 14 aromatic rings. The summed E-state index contributed by atoms with van der Waals surface area (Å²) in [4.78, 5) is 15.6. The summed E-state index contributed by atoms with van der Waals surface area (Å²) >= 11 is 0. The molecule has 5 aromatic heterocycles.